The number of H-pyrrole nitrogens is 1. The number of nitrogens with one attached hydrogen (secondary N) is 1. The van der Waals surface area contributed by atoms with E-state index >= 15 is 0 Å². The zero-order valence-electron chi connectivity index (χ0n) is 7.59. The van der Waals surface area contributed by atoms with Crippen molar-refractivity contribution in [3.8, 4) is 0 Å². The van der Waals surface area contributed by atoms with Gasteiger partial charge in [0, 0.05) is 17.1 Å². The molecular weight excluding hydrogens is 162 g/mol. The van der Waals surface area contributed by atoms with Crippen LogP contribution in [0.25, 0.3) is 10.9 Å². The van der Waals surface area contributed by atoms with E-state index in [-0.39, 0.29) is 6.15 Å². The molecule has 0 radical (unpaired) electrons. The van der Waals surface area contributed by atoms with Gasteiger partial charge in [0.1, 0.15) is 0 Å². The predicted molar refractivity (Wildman–Crippen MR) is 56.1 cm³/mol. The maximum Gasteiger partial charge on any atom is 0.0456 e. The van der Waals surface area contributed by atoms with Crippen molar-refractivity contribution in [2.24, 2.45) is 5.73 Å². The van der Waals surface area contributed by atoms with Crippen LogP contribution in [0.3, 0.4) is 0 Å². The van der Waals surface area contributed by atoms with Crippen molar-refractivity contribution in [3.63, 3.8) is 0 Å². The fraction of sp³-hybridized carbons (Fsp3) is 0.200. The highest BCUT2D eigenvalue weighted by molar-refractivity contribution is 5.82. The molecule has 2 aromatic rings. The van der Waals surface area contributed by atoms with Crippen molar-refractivity contribution in [2.45, 2.75) is 6.42 Å². The molecule has 70 valence electrons. The Hall–Kier alpha value is -1.32. The third-order valence-corrected chi connectivity index (χ3v) is 2.09. The molecule has 3 heteroatoms. The van der Waals surface area contributed by atoms with Crippen LogP contribution < -0.4 is 11.9 Å². The number of aromatic nitrogens is 1. The lowest BCUT2D eigenvalue weighted by molar-refractivity contribution is 0.976. The molecule has 0 aliphatic heterocycles. The molecule has 0 fully saturated rings. The van der Waals surface area contributed by atoms with E-state index in [2.05, 4.69) is 23.2 Å². The van der Waals surface area contributed by atoms with Gasteiger partial charge in [-0.25, -0.2) is 0 Å². The highest BCUT2D eigenvalue weighted by Crippen LogP contribution is 2.17. The summed E-state index contributed by atoms with van der Waals surface area (Å²) in [5.41, 5.74) is 8.01. The van der Waals surface area contributed by atoms with Gasteiger partial charge in [-0.3, -0.25) is 0 Å². The summed E-state index contributed by atoms with van der Waals surface area (Å²) in [6.07, 6.45) is 2.99. The predicted octanol–water partition coefficient (Wildman–Crippen LogP) is 1.83. The van der Waals surface area contributed by atoms with Crippen LogP contribution in [0, 0.1) is 0 Å². The Morgan fingerprint density at radius 1 is 1.23 bits per heavy atom. The van der Waals surface area contributed by atoms with Crippen LogP contribution in [-0.4, -0.2) is 11.5 Å². The third kappa shape index (κ3) is 1.71. The lowest BCUT2D eigenvalue weighted by Gasteiger charge is -1.93. The molecule has 1 aromatic carbocycles. The Morgan fingerprint density at radius 3 is 2.77 bits per heavy atom. The summed E-state index contributed by atoms with van der Waals surface area (Å²) >= 11 is 0. The first-order valence-electron chi connectivity index (χ1n) is 4.17. The Kier molecular flexibility index (Phi) is 3.06. The Bertz CT molecular complexity index is 378. The summed E-state index contributed by atoms with van der Waals surface area (Å²) in [5.74, 6) is 0. The molecule has 0 aliphatic rings. The smallest absolute Gasteiger partial charge is 0.0456 e. The van der Waals surface area contributed by atoms with Crippen LogP contribution >= 0.6 is 0 Å². The van der Waals surface area contributed by atoms with E-state index in [0.717, 1.165) is 6.42 Å². The molecule has 3 nitrogen and oxygen atoms in total. The van der Waals surface area contributed by atoms with Gasteiger partial charge in [0.25, 0.3) is 0 Å². The van der Waals surface area contributed by atoms with Crippen molar-refractivity contribution in [1.29, 1.82) is 0 Å². The molecule has 0 amide bonds. The van der Waals surface area contributed by atoms with Gasteiger partial charge < -0.3 is 16.9 Å². The fourth-order valence-electron chi connectivity index (χ4n) is 1.49. The summed E-state index contributed by atoms with van der Waals surface area (Å²) < 4.78 is 0. The number of rotatable bonds is 2. The number of benzene rings is 1. The molecule has 0 saturated heterocycles. The van der Waals surface area contributed by atoms with Gasteiger partial charge in [0.2, 0.25) is 0 Å². The summed E-state index contributed by atoms with van der Waals surface area (Å²) in [4.78, 5) is 3.22. The lowest BCUT2D eigenvalue weighted by atomic mass is 10.1. The van der Waals surface area contributed by atoms with Crippen molar-refractivity contribution in [1.82, 2.24) is 11.1 Å². The normalized spacial score (nSPS) is 9.92. The minimum Gasteiger partial charge on any atom is -0.361 e. The first-order chi connectivity index (χ1) is 5.92. The number of hydrogen-bond acceptors (Lipinski definition) is 2. The van der Waals surface area contributed by atoms with Crippen molar-refractivity contribution < 1.29 is 0 Å². The second-order valence-corrected chi connectivity index (χ2v) is 2.90. The van der Waals surface area contributed by atoms with Crippen molar-refractivity contribution in [2.75, 3.05) is 6.54 Å². The first-order valence-corrected chi connectivity index (χ1v) is 4.17. The first kappa shape index (κ1) is 9.77. The Balaban J connectivity index is 0.000000845. The average molecular weight is 177 g/mol. The second-order valence-electron chi connectivity index (χ2n) is 2.90. The summed E-state index contributed by atoms with van der Waals surface area (Å²) in [6.45, 7) is 0.710. The highest BCUT2D eigenvalue weighted by Gasteiger charge is 1.99. The van der Waals surface area contributed by atoms with E-state index in [4.69, 9.17) is 5.73 Å². The summed E-state index contributed by atoms with van der Waals surface area (Å²) in [5, 5.41) is 1.29. The van der Waals surface area contributed by atoms with E-state index in [1.54, 1.807) is 0 Å². The van der Waals surface area contributed by atoms with Gasteiger partial charge in [-0.05, 0) is 24.6 Å². The molecule has 0 saturated carbocycles. The number of aromatic amines is 1. The van der Waals surface area contributed by atoms with Crippen molar-refractivity contribution >= 4 is 10.9 Å². The standard InChI is InChI=1S/C10H12N2.H3N/c11-6-5-8-7-12-10-4-2-1-3-9(8)10;/h1-4,7,12H,5-6,11H2;1H3. The zero-order valence-corrected chi connectivity index (χ0v) is 7.59. The average Bonchev–Trinajstić information content (AvgIpc) is 2.50. The monoisotopic (exact) mass is 177 g/mol. The molecule has 1 aromatic heterocycles. The maximum absolute atomic E-state index is 5.50. The van der Waals surface area contributed by atoms with Crippen LogP contribution in [0.15, 0.2) is 30.5 Å². The van der Waals surface area contributed by atoms with Gasteiger partial charge in [-0.1, -0.05) is 18.2 Å². The molecule has 1 heterocycles. The van der Waals surface area contributed by atoms with Crippen LogP contribution in [0.5, 0.6) is 0 Å². The quantitative estimate of drug-likeness (QED) is 0.654. The minimum absolute atomic E-state index is 0. The molecule has 2 rings (SSSR count). The number of para-hydroxylation sites is 1. The van der Waals surface area contributed by atoms with E-state index in [1.165, 1.54) is 16.5 Å². The molecule has 0 unspecified atom stereocenters. The third-order valence-electron chi connectivity index (χ3n) is 2.09. The van der Waals surface area contributed by atoms with E-state index < -0.39 is 0 Å². The molecule has 0 spiro atoms. The Morgan fingerprint density at radius 2 is 2.00 bits per heavy atom. The van der Waals surface area contributed by atoms with Gasteiger partial charge in [0.15, 0.2) is 0 Å². The molecule has 6 N–H and O–H groups in total. The second kappa shape index (κ2) is 4.07. The van der Waals surface area contributed by atoms with Gasteiger partial charge >= 0.3 is 0 Å². The summed E-state index contributed by atoms with van der Waals surface area (Å²) in [7, 11) is 0. The Labute approximate surface area is 77.5 Å². The largest absolute Gasteiger partial charge is 0.361 e. The maximum atomic E-state index is 5.50. The van der Waals surface area contributed by atoms with E-state index in [9.17, 15) is 0 Å². The van der Waals surface area contributed by atoms with Crippen LogP contribution in [-0.2, 0) is 6.42 Å². The van der Waals surface area contributed by atoms with E-state index in [1.807, 2.05) is 12.3 Å². The SMILES string of the molecule is N.NCCc1c[nH]c2ccccc12. The van der Waals surface area contributed by atoms with Crippen LogP contribution in [0.1, 0.15) is 5.56 Å². The van der Waals surface area contributed by atoms with Gasteiger partial charge in [-0.2, -0.15) is 0 Å². The number of nitrogens with two attached hydrogens (primary N) is 1. The van der Waals surface area contributed by atoms with Gasteiger partial charge in [0.05, 0.1) is 0 Å². The van der Waals surface area contributed by atoms with Crippen LogP contribution in [0.2, 0.25) is 0 Å². The summed E-state index contributed by atoms with van der Waals surface area (Å²) in [6, 6.07) is 8.29. The van der Waals surface area contributed by atoms with Crippen molar-refractivity contribution in [3.05, 3.63) is 36.0 Å². The number of hydrogen-bond donors (Lipinski definition) is 3. The van der Waals surface area contributed by atoms with E-state index in [0.29, 0.717) is 6.54 Å². The zero-order chi connectivity index (χ0) is 8.39. The van der Waals surface area contributed by atoms with Gasteiger partial charge in [-0.15, -0.1) is 0 Å². The minimum atomic E-state index is 0. The highest BCUT2D eigenvalue weighted by atomic mass is 14.7. The molecule has 0 aliphatic carbocycles. The fourth-order valence-corrected chi connectivity index (χ4v) is 1.49. The van der Waals surface area contributed by atoms with Crippen LogP contribution in [0.4, 0.5) is 0 Å². The number of fused-ring (bicyclic) bond motifs is 1. The topological polar surface area (TPSA) is 76.8 Å². The molecular formula is C10H15N3. The molecule has 0 bridgehead atoms. The molecule has 13 heavy (non-hydrogen) atoms. The molecule has 0 atom stereocenters. The lowest BCUT2D eigenvalue weighted by Crippen LogP contribution is -2.01.